The van der Waals surface area contributed by atoms with Crippen molar-refractivity contribution in [3.05, 3.63) is 68.7 Å². The van der Waals surface area contributed by atoms with Crippen LogP contribution in [0, 0.1) is 5.92 Å². The maximum atomic E-state index is 12.9. The third kappa shape index (κ3) is 5.75. The van der Waals surface area contributed by atoms with E-state index in [0.717, 1.165) is 5.56 Å². The molecule has 2 aromatic rings. The summed E-state index contributed by atoms with van der Waals surface area (Å²) in [4.78, 5) is 25.7. The largest absolute Gasteiger partial charge is 0.493 e. The quantitative estimate of drug-likeness (QED) is 0.363. The Balaban J connectivity index is 1.81. The zero-order chi connectivity index (χ0) is 24.1. The molecule has 0 fully saturated rings. The summed E-state index contributed by atoms with van der Waals surface area (Å²) in [7, 11) is 3.08. The molecular weight excluding hydrogens is 489 g/mol. The lowest BCUT2D eigenvalue weighted by atomic mass is 9.85. The molecular formula is C24H24Cl3NO5. The van der Waals surface area contributed by atoms with Crippen LogP contribution in [0.3, 0.4) is 0 Å². The number of hydrogen-bond donors (Lipinski definition) is 1. The number of hydrogen-bond acceptors (Lipinski definition) is 5. The fourth-order valence-corrected chi connectivity index (χ4v) is 4.91. The second kappa shape index (κ2) is 11.1. The number of nitrogens with one attached hydrogen (secondary N) is 1. The van der Waals surface area contributed by atoms with Gasteiger partial charge in [0.15, 0.2) is 11.5 Å². The molecule has 33 heavy (non-hydrogen) atoms. The lowest BCUT2D eigenvalue weighted by Crippen LogP contribution is -2.34. The van der Waals surface area contributed by atoms with Gasteiger partial charge >= 0.3 is 5.97 Å². The molecule has 0 aromatic heterocycles. The molecule has 2 aromatic carbocycles. The third-order valence-electron chi connectivity index (χ3n) is 5.40. The van der Waals surface area contributed by atoms with Crippen LogP contribution >= 0.6 is 34.8 Å². The van der Waals surface area contributed by atoms with E-state index < -0.39 is 11.8 Å². The standard InChI is InChI=1S/C24H24Cl3NO5/c1-4-33-24(30)21(14-6-8-19(31-2)20(10-14)32-3)13-5-7-16(9-13)28-23(29)22-17(26)11-15(25)12-18(22)27/h5-8,10-13,16,21H,4,9H2,1-3H3,(H,28,29)/t13-,16+,21-/m0/s1. The van der Waals surface area contributed by atoms with Crippen molar-refractivity contribution in [3.63, 3.8) is 0 Å². The van der Waals surface area contributed by atoms with Gasteiger partial charge in [-0.05, 0) is 49.1 Å². The Morgan fingerprint density at radius 1 is 1.03 bits per heavy atom. The molecule has 0 heterocycles. The van der Waals surface area contributed by atoms with Crippen LogP contribution in [-0.2, 0) is 9.53 Å². The van der Waals surface area contributed by atoms with Gasteiger partial charge in [0.1, 0.15) is 0 Å². The predicted molar refractivity (Wildman–Crippen MR) is 129 cm³/mol. The smallest absolute Gasteiger partial charge is 0.314 e. The van der Waals surface area contributed by atoms with E-state index in [-0.39, 0.29) is 40.1 Å². The van der Waals surface area contributed by atoms with Crippen LogP contribution in [0.4, 0.5) is 0 Å². The van der Waals surface area contributed by atoms with E-state index in [2.05, 4.69) is 5.32 Å². The molecule has 1 aliphatic carbocycles. The van der Waals surface area contributed by atoms with Crippen LogP contribution in [-0.4, -0.2) is 38.7 Å². The van der Waals surface area contributed by atoms with Crippen LogP contribution in [0.5, 0.6) is 11.5 Å². The van der Waals surface area contributed by atoms with E-state index in [0.29, 0.717) is 22.9 Å². The Kier molecular flexibility index (Phi) is 8.51. The third-order valence-corrected chi connectivity index (χ3v) is 6.22. The van der Waals surface area contributed by atoms with Crippen LogP contribution < -0.4 is 14.8 Å². The van der Waals surface area contributed by atoms with Gasteiger partial charge in [0, 0.05) is 11.1 Å². The van der Waals surface area contributed by atoms with Gasteiger partial charge in [-0.25, -0.2) is 0 Å². The Hall–Kier alpha value is -2.41. The first kappa shape index (κ1) is 25.2. The molecule has 3 rings (SSSR count). The summed E-state index contributed by atoms with van der Waals surface area (Å²) in [6.07, 6.45) is 4.26. The molecule has 1 amide bonds. The van der Waals surface area contributed by atoms with Crippen molar-refractivity contribution in [2.45, 2.75) is 25.3 Å². The SMILES string of the molecule is CCOC(=O)[C@H](c1ccc(OC)c(OC)c1)[C@H]1C=C[C@@H](NC(=O)c2c(Cl)cc(Cl)cc2Cl)C1. The van der Waals surface area contributed by atoms with Gasteiger partial charge in [0.05, 0.1) is 42.4 Å². The minimum Gasteiger partial charge on any atom is -0.493 e. The van der Waals surface area contributed by atoms with Gasteiger partial charge < -0.3 is 19.5 Å². The van der Waals surface area contributed by atoms with E-state index in [4.69, 9.17) is 49.0 Å². The topological polar surface area (TPSA) is 73.9 Å². The Bertz CT molecular complexity index is 1050. The number of amides is 1. The molecule has 6 nitrogen and oxygen atoms in total. The molecule has 0 unspecified atom stereocenters. The number of benzene rings is 2. The van der Waals surface area contributed by atoms with Gasteiger partial charge in [0.2, 0.25) is 0 Å². The highest BCUT2D eigenvalue weighted by Crippen LogP contribution is 2.38. The van der Waals surface area contributed by atoms with Crippen LogP contribution in [0.1, 0.15) is 35.2 Å². The van der Waals surface area contributed by atoms with Gasteiger partial charge in [-0.3, -0.25) is 9.59 Å². The van der Waals surface area contributed by atoms with Gasteiger partial charge in [-0.2, -0.15) is 0 Å². The van der Waals surface area contributed by atoms with Crippen molar-refractivity contribution < 1.29 is 23.8 Å². The number of carbonyl (C=O) groups excluding carboxylic acids is 2. The minimum absolute atomic E-state index is 0.154. The fraction of sp³-hybridized carbons (Fsp3) is 0.333. The number of methoxy groups -OCH3 is 2. The Morgan fingerprint density at radius 3 is 2.30 bits per heavy atom. The van der Waals surface area contributed by atoms with Crippen LogP contribution in [0.25, 0.3) is 0 Å². The van der Waals surface area contributed by atoms with E-state index in [9.17, 15) is 9.59 Å². The Morgan fingerprint density at radius 2 is 1.70 bits per heavy atom. The van der Waals surface area contributed by atoms with Crippen molar-refractivity contribution in [2.75, 3.05) is 20.8 Å². The first-order chi connectivity index (χ1) is 15.8. The van der Waals surface area contributed by atoms with Crippen molar-refractivity contribution in [1.29, 1.82) is 0 Å². The zero-order valence-electron chi connectivity index (χ0n) is 18.4. The number of allylic oxidation sites excluding steroid dienone is 1. The molecule has 3 atom stereocenters. The van der Waals surface area contributed by atoms with E-state index in [1.807, 2.05) is 18.2 Å². The lowest BCUT2D eigenvalue weighted by Gasteiger charge is -2.23. The molecule has 0 bridgehead atoms. The number of rotatable bonds is 8. The monoisotopic (exact) mass is 511 g/mol. The van der Waals surface area contributed by atoms with Crippen molar-refractivity contribution in [3.8, 4) is 11.5 Å². The first-order valence-electron chi connectivity index (χ1n) is 10.3. The molecule has 0 spiro atoms. The van der Waals surface area contributed by atoms with E-state index >= 15 is 0 Å². The minimum atomic E-state index is -0.578. The second-order valence-corrected chi connectivity index (χ2v) is 8.70. The van der Waals surface area contributed by atoms with E-state index in [1.54, 1.807) is 26.2 Å². The maximum Gasteiger partial charge on any atom is 0.314 e. The molecule has 1 N–H and O–H groups in total. The molecule has 1 aliphatic rings. The summed E-state index contributed by atoms with van der Waals surface area (Å²) in [5, 5.41) is 3.58. The number of ether oxygens (including phenoxy) is 3. The van der Waals surface area contributed by atoms with Crippen LogP contribution in [0.15, 0.2) is 42.5 Å². The molecule has 0 saturated carbocycles. The van der Waals surface area contributed by atoms with Gasteiger partial charge in [0.25, 0.3) is 5.91 Å². The zero-order valence-corrected chi connectivity index (χ0v) is 20.6. The summed E-state index contributed by atoms with van der Waals surface area (Å²) in [5.41, 5.74) is 0.887. The first-order valence-corrected chi connectivity index (χ1v) is 11.4. The summed E-state index contributed by atoms with van der Waals surface area (Å²) < 4.78 is 16.0. The van der Waals surface area contributed by atoms with Crippen LogP contribution in [0.2, 0.25) is 15.1 Å². The van der Waals surface area contributed by atoms with Gasteiger partial charge in [-0.1, -0.05) is 53.0 Å². The van der Waals surface area contributed by atoms with Crippen molar-refractivity contribution in [2.24, 2.45) is 5.92 Å². The average molecular weight is 513 g/mol. The number of carbonyl (C=O) groups is 2. The summed E-state index contributed by atoms with van der Waals surface area (Å²) in [6, 6.07) is 7.95. The van der Waals surface area contributed by atoms with Crippen molar-refractivity contribution in [1.82, 2.24) is 5.32 Å². The second-order valence-electron chi connectivity index (χ2n) is 7.45. The molecule has 176 valence electrons. The molecule has 0 aliphatic heterocycles. The molecule has 0 radical (unpaired) electrons. The van der Waals surface area contributed by atoms with Crippen molar-refractivity contribution >= 4 is 46.7 Å². The normalized spacial score (nSPS) is 18.0. The highest BCUT2D eigenvalue weighted by Gasteiger charge is 2.35. The average Bonchev–Trinajstić information content (AvgIpc) is 3.20. The predicted octanol–water partition coefficient (Wildman–Crippen LogP) is 5.69. The molecule has 9 heteroatoms. The number of halogens is 3. The number of esters is 1. The highest BCUT2D eigenvalue weighted by molar-refractivity contribution is 6.42. The van der Waals surface area contributed by atoms with Gasteiger partial charge in [-0.15, -0.1) is 0 Å². The summed E-state index contributed by atoms with van der Waals surface area (Å²) in [5.74, 6) is -0.476. The summed E-state index contributed by atoms with van der Waals surface area (Å²) in [6.45, 7) is 2.02. The highest BCUT2D eigenvalue weighted by atomic mass is 35.5. The van der Waals surface area contributed by atoms with E-state index in [1.165, 1.54) is 19.2 Å². The lowest BCUT2D eigenvalue weighted by molar-refractivity contribution is -0.146. The maximum absolute atomic E-state index is 12.9. The fourth-order valence-electron chi connectivity index (χ4n) is 3.92. The molecule has 0 saturated heterocycles. The Labute approximate surface area is 207 Å². The summed E-state index contributed by atoms with van der Waals surface area (Å²) >= 11 is 18.3.